The topological polar surface area (TPSA) is 15.8 Å². The zero-order valence-corrected chi connectivity index (χ0v) is 10.2. The van der Waals surface area contributed by atoms with Gasteiger partial charge in [-0.25, -0.2) is 0 Å². The quantitative estimate of drug-likeness (QED) is 0.635. The summed E-state index contributed by atoms with van der Waals surface area (Å²) in [5, 5.41) is 1.51. The lowest BCUT2D eigenvalue weighted by molar-refractivity contribution is 0.708. The second-order valence-corrected chi connectivity index (χ2v) is 5.09. The Labute approximate surface area is 96.9 Å². The molecule has 0 atom stereocenters. The molecule has 84 valence electrons. The Morgan fingerprint density at radius 1 is 0.938 bits per heavy atom. The van der Waals surface area contributed by atoms with Crippen LogP contribution in [0.2, 0.25) is 0 Å². The van der Waals surface area contributed by atoms with Crippen LogP contribution in [0.3, 0.4) is 0 Å². The van der Waals surface area contributed by atoms with Gasteiger partial charge in [0.25, 0.3) is 0 Å². The molecule has 0 radical (unpaired) electrons. The molecule has 0 saturated heterocycles. The molecule has 16 heavy (non-hydrogen) atoms. The Balaban J connectivity index is 2.33. The summed E-state index contributed by atoms with van der Waals surface area (Å²) >= 11 is 0. The van der Waals surface area contributed by atoms with Crippen LogP contribution in [0.4, 0.5) is 0 Å². The Morgan fingerprint density at radius 2 is 1.69 bits per heavy atom. The summed E-state index contributed by atoms with van der Waals surface area (Å²) in [5.41, 5.74) is 7.30. The first kappa shape index (κ1) is 9.95. The van der Waals surface area contributed by atoms with Crippen molar-refractivity contribution in [2.24, 2.45) is 0 Å². The molecule has 0 saturated carbocycles. The molecule has 1 N–H and O–H groups in total. The fourth-order valence-electron chi connectivity index (χ4n) is 3.01. The molecule has 0 unspecified atom stereocenters. The fourth-order valence-corrected chi connectivity index (χ4v) is 3.01. The van der Waals surface area contributed by atoms with Crippen molar-refractivity contribution in [2.75, 3.05) is 0 Å². The first-order valence-electron chi connectivity index (χ1n) is 6.37. The third-order valence-electron chi connectivity index (χ3n) is 3.92. The van der Waals surface area contributed by atoms with Crippen LogP contribution in [0, 0.1) is 13.8 Å². The molecule has 0 amide bonds. The van der Waals surface area contributed by atoms with E-state index in [9.17, 15) is 0 Å². The first-order chi connectivity index (χ1) is 7.77. The van der Waals surface area contributed by atoms with Gasteiger partial charge in [-0.3, -0.25) is 0 Å². The van der Waals surface area contributed by atoms with Crippen LogP contribution in [0.1, 0.15) is 41.6 Å². The smallest absolute Gasteiger partial charge is 0.0491 e. The number of aryl methyl sites for hydroxylation is 4. The highest BCUT2D eigenvalue weighted by molar-refractivity contribution is 5.90. The molecule has 0 fully saturated rings. The van der Waals surface area contributed by atoms with Crippen LogP contribution in [0.15, 0.2) is 12.1 Å². The van der Waals surface area contributed by atoms with Gasteiger partial charge in [0.15, 0.2) is 0 Å². The summed E-state index contributed by atoms with van der Waals surface area (Å²) in [5.74, 6) is 0. The lowest BCUT2D eigenvalue weighted by Gasteiger charge is -2.03. The van der Waals surface area contributed by atoms with E-state index >= 15 is 0 Å². The van der Waals surface area contributed by atoms with Crippen molar-refractivity contribution in [1.29, 1.82) is 0 Å². The van der Waals surface area contributed by atoms with Crippen LogP contribution in [-0.2, 0) is 12.8 Å². The summed E-state index contributed by atoms with van der Waals surface area (Å²) < 4.78 is 0. The predicted octanol–water partition coefficient (Wildman–Crippen LogP) is 4.05. The highest BCUT2D eigenvalue weighted by Gasteiger charge is 2.16. The van der Waals surface area contributed by atoms with Gasteiger partial charge in [0.1, 0.15) is 0 Å². The number of aromatic amines is 1. The van der Waals surface area contributed by atoms with Crippen molar-refractivity contribution >= 4 is 10.9 Å². The monoisotopic (exact) mass is 213 g/mol. The van der Waals surface area contributed by atoms with Gasteiger partial charge in [-0.05, 0) is 56.2 Å². The van der Waals surface area contributed by atoms with E-state index in [0.29, 0.717) is 0 Å². The number of H-pyrrole nitrogens is 1. The SMILES string of the molecule is Cc1ccc(C)c2c3c([nH]c12)CCCCC3. The molecule has 1 aromatic carbocycles. The van der Waals surface area contributed by atoms with Crippen LogP contribution in [0.25, 0.3) is 10.9 Å². The van der Waals surface area contributed by atoms with Gasteiger partial charge in [0, 0.05) is 16.6 Å². The second-order valence-electron chi connectivity index (χ2n) is 5.09. The lowest BCUT2D eigenvalue weighted by atomic mass is 10.0. The molecule has 3 rings (SSSR count). The minimum Gasteiger partial charge on any atom is -0.358 e. The molecule has 1 aliphatic carbocycles. The average molecular weight is 213 g/mol. The van der Waals surface area contributed by atoms with E-state index in [1.54, 1.807) is 5.56 Å². The van der Waals surface area contributed by atoms with Gasteiger partial charge < -0.3 is 4.98 Å². The van der Waals surface area contributed by atoms with E-state index in [-0.39, 0.29) is 0 Å². The molecule has 1 heterocycles. The molecule has 1 aliphatic rings. The summed E-state index contributed by atoms with van der Waals surface area (Å²) in [6.45, 7) is 4.44. The van der Waals surface area contributed by atoms with Crippen LogP contribution >= 0.6 is 0 Å². The van der Waals surface area contributed by atoms with Gasteiger partial charge >= 0.3 is 0 Å². The van der Waals surface area contributed by atoms with Gasteiger partial charge in [-0.15, -0.1) is 0 Å². The molecular formula is C15H19N. The molecule has 1 heteroatoms. The molecule has 0 bridgehead atoms. The molecule has 2 aromatic rings. The third-order valence-corrected chi connectivity index (χ3v) is 3.92. The fraction of sp³-hybridized carbons (Fsp3) is 0.467. The Bertz CT molecular complexity index is 534. The summed E-state index contributed by atoms with van der Waals surface area (Å²) in [6.07, 6.45) is 6.59. The van der Waals surface area contributed by atoms with E-state index in [1.807, 2.05) is 0 Å². The zero-order chi connectivity index (χ0) is 11.1. The van der Waals surface area contributed by atoms with Crippen molar-refractivity contribution in [1.82, 2.24) is 4.98 Å². The predicted molar refractivity (Wildman–Crippen MR) is 69.0 cm³/mol. The second kappa shape index (κ2) is 3.65. The highest BCUT2D eigenvalue weighted by atomic mass is 14.7. The maximum absolute atomic E-state index is 3.67. The van der Waals surface area contributed by atoms with E-state index in [0.717, 1.165) is 0 Å². The average Bonchev–Trinajstić information content (AvgIpc) is 2.49. The van der Waals surface area contributed by atoms with Gasteiger partial charge in [0.2, 0.25) is 0 Å². The molecular weight excluding hydrogens is 194 g/mol. The van der Waals surface area contributed by atoms with Crippen LogP contribution < -0.4 is 0 Å². The number of nitrogens with one attached hydrogen (secondary N) is 1. The lowest BCUT2D eigenvalue weighted by Crippen LogP contribution is -1.87. The van der Waals surface area contributed by atoms with Crippen molar-refractivity contribution in [3.05, 3.63) is 34.5 Å². The Morgan fingerprint density at radius 3 is 2.56 bits per heavy atom. The highest BCUT2D eigenvalue weighted by Crippen LogP contribution is 2.32. The van der Waals surface area contributed by atoms with Gasteiger partial charge in [-0.1, -0.05) is 18.6 Å². The Hall–Kier alpha value is -1.24. The number of benzene rings is 1. The maximum atomic E-state index is 3.67. The minimum atomic E-state index is 1.24. The molecule has 1 aromatic heterocycles. The number of rotatable bonds is 0. The standard InChI is InChI=1S/C15H19N/c1-10-8-9-11(2)15-14(10)12-6-4-3-5-7-13(12)16-15/h8-9,16H,3-7H2,1-2H3. The minimum absolute atomic E-state index is 1.24. The Kier molecular flexibility index (Phi) is 2.27. The normalized spacial score (nSPS) is 16.1. The number of hydrogen-bond donors (Lipinski definition) is 1. The number of fused-ring (bicyclic) bond motifs is 3. The van der Waals surface area contributed by atoms with E-state index < -0.39 is 0 Å². The van der Waals surface area contributed by atoms with Crippen LogP contribution in [-0.4, -0.2) is 4.98 Å². The largest absolute Gasteiger partial charge is 0.358 e. The summed E-state index contributed by atoms with van der Waals surface area (Å²) in [6, 6.07) is 4.49. The van der Waals surface area contributed by atoms with Gasteiger partial charge in [0.05, 0.1) is 0 Å². The summed E-state index contributed by atoms with van der Waals surface area (Å²) in [7, 11) is 0. The first-order valence-corrected chi connectivity index (χ1v) is 6.37. The third kappa shape index (κ3) is 1.38. The molecule has 0 spiro atoms. The number of hydrogen-bond acceptors (Lipinski definition) is 0. The zero-order valence-electron chi connectivity index (χ0n) is 10.2. The van der Waals surface area contributed by atoms with Crippen molar-refractivity contribution in [3.63, 3.8) is 0 Å². The van der Waals surface area contributed by atoms with E-state index in [4.69, 9.17) is 0 Å². The van der Waals surface area contributed by atoms with E-state index in [1.165, 1.54) is 59.8 Å². The van der Waals surface area contributed by atoms with Crippen molar-refractivity contribution < 1.29 is 0 Å². The maximum Gasteiger partial charge on any atom is 0.0491 e. The molecule has 0 aliphatic heterocycles. The van der Waals surface area contributed by atoms with Gasteiger partial charge in [-0.2, -0.15) is 0 Å². The molecule has 1 nitrogen and oxygen atoms in total. The van der Waals surface area contributed by atoms with Crippen molar-refractivity contribution in [2.45, 2.75) is 46.0 Å². The van der Waals surface area contributed by atoms with Crippen LogP contribution in [0.5, 0.6) is 0 Å². The van der Waals surface area contributed by atoms with Crippen molar-refractivity contribution in [3.8, 4) is 0 Å². The van der Waals surface area contributed by atoms with E-state index in [2.05, 4.69) is 31.0 Å². The number of aromatic nitrogens is 1. The summed E-state index contributed by atoms with van der Waals surface area (Å²) in [4.78, 5) is 3.67.